The van der Waals surface area contributed by atoms with Crippen molar-refractivity contribution in [2.24, 2.45) is 0 Å². The van der Waals surface area contributed by atoms with Gasteiger partial charge in [-0.15, -0.1) is 11.8 Å². The molecular formula is C18H20N2O5S. The van der Waals surface area contributed by atoms with E-state index < -0.39 is 0 Å². The highest BCUT2D eigenvalue weighted by Gasteiger charge is 2.35. The van der Waals surface area contributed by atoms with Gasteiger partial charge < -0.3 is 9.64 Å². The summed E-state index contributed by atoms with van der Waals surface area (Å²) in [5, 5.41) is -0.353. The molecule has 1 aromatic carbocycles. The zero-order chi connectivity index (χ0) is 18.7. The van der Waals surface area contributed by atoms with Crippen LogP contribution in [0.3, 0.4) is 0 Å². The van der Waals surface area contributed by atoms with Gasteiger partial charge in [0.15, 0.2) is 0 Å². The molecular weight excluding hydrogens is 356 g/mol. The molecule has 0 N–H and O–H groups in total. The molecule has 26 heavy (non-hydrogen) atoms. The summed E-state index contributed by atoms with van der Waals surface area (Å²) in [4.78, 5) is 51.5. The molecule has 1 atom stereocenters. The summed E-state index contributed by atoms with van der Waals surface area (Å²) in [7, 11) is 1.34. The quantitative estimate of drug-likeness (QED) is 0.567. The number of hydrogen-bond acceptors (Lipinski definition) is 6. The van der Waals surface area contributed by atoms with E-state index in [2.05, 4.69) is 0 Å². The van der Waals surface area contributed by atoms with E-state index >= 15 is 0 Å². The fourth-order valence-electron chi connectivity index (χ4n) is 3.14. The van der Waals surface area contributed by atoms with Gasteiger partial charge in [-0.3, -0.25) is 24.1 Å². The highest BCUT2D eigenvalue weighted by Crippen LogP contribution is 2.23. The summed E-state index contributed by atoms with van der Waals surface area (Å²) in [6, 6.07) is 6.73. The maximum Gasteiger partial charge on any atom is 0.320 e. The van der Waals surface area contributed by atoms with Crippen molar-refractivity contribution in [2.45, 2.75) is 18.1 Å². The predicted molar refractivity (Wildman–Crippen MR) is 95.9 cm³/mol. The second-order valence-corrected chi connectivity index (χ2v) is 7.44. The average molecular weight is 376 g/mol. The molecule has 0 spiro atoms. The molecule has 0 saturated carbocycles. The fourth-order valence-corrected chi connectivity index (χ4v) is 4.27. The molecule has 1 aromatic rings. The standard InChI is InChI=1S/C18H20N2O5S/c1-25-18(24)14-11-19(9-10-26-14)15(21)7-4-8-20-16(22)12-5-2-3-6-13(12)17(20)23/h2-3,5-6,14H,4,7-11H2,1H3/t14-/m0/s1. The average Bonchev–Trinajstić information content (AvgIpc) is 2.92. The van der Waals surface area contributed by atoms with Crippen molar-refractivity contribution in [3.8, 4) is 0 Å². The number of ether oxygens (including phenoxy) is 1. The second-order valence-electron chi connectivity index (χ2n) is 6.13. The van der Waals surface area contributed by atoms with Crippen LogP contribution in [0.5, 0.6) is 0 Å². The number of carbonyl (C=O) groups is 4. The molecule has 0 aromatic heterocycles. The Labute approximate surface area is 155 Å². The van der Waals surface area contributed by atoms with Crippen LogP contribution >= 0.6 is 11.8 Å². The van der Waals surface area contributed by atoms with Crippen molar-refractivity contribution in [1.82, 2.24) is 9.80 Å². The van der Waals surface area contributed by atoms with Crippen LogP contribution in [0.15, 0.2) is 24.3 Å². The number of amides is 3. The van der Waals surface area contributed by atoms with E-state index in [1.54, 1.807) is 29.2 Å². The van der Waals surface area contributed by atoms with Crippen LogP contribution in [0.4, 0.5) is 0 Å². The van der Waals surface area contributed by atoms with Crippen LogP contribution < -0.4 is 0 Å². The van der Waals surface area contributed by atoms with Crippen molar-refractivity contribution < 1.29 is 23.9 Å². The van der Waals surface area contributed by atoms with Gasteiger partial charge in [-0.05, 0) is 18.6 Å². The van der Waals surface area contributed by atoms with Crippen LogP contribution in [-0.4, -0.2) is 71.2 Å². The number of fused-ring (bicyclic) bond motifs is 1. The van der Waals surface area contributed by atoms with Gasteiger partial charge in [0.25, 0.3) is 11.8 Å². The minimum Gasteiger partial charge on any atom is -0.468 e. The van der Waals surface area contributed by atoms with E-state index in [0.717, 1.165) is 0 Å². The minimum atomic E-state index is -0.353. The zero-order valence-corrected chi connectivity index (χ0v) is 15.3. The first-order valence-corrected chi connectivity index (χ1v) is 9.50. The van der Waals surface area contributed by atoms with E-state index in [0.29, 0.717) is 36.4 Å². The molecule has 2 aliphatic rings. The summed E-state index contributed by atoms with van der Waals surface area (Å²) in [5.41, 5.74) is 0.829. The molecule has 0 radical (unpaired) electrons. The van der Waals surface area contributed by atoms with E-state index in [1.165, 1.54) is 23.8 Å². The van der Waals surface area contributed by atoms with Gasteiger partial charge in [0, 0.05) is 31.8 Å². The number of nitrogens with zero attached hydrogens (tertiary/aromatic N) is 2. The third kappa shape index (κ3) is 3.60. The molecule has 0 unspecified atom stereocenters. The lowest BCUT2D eigenvalue weighted by Gasteiger charge is -2.31. The zero-order valence-electron chi connectivity index (χ0n) is 14.5. The molecule has 8 heteroatoms. The number of benzene rings is 1. The van der Waals surface area contributed by atoms with Crippen LogP contribution in [0, 0.1) is 0 Å². The number of imide groups is 1. The van der Waals surface area contributed by atoms with E-state index in [1.807, 2.05) is 0 Å². The van der Waals surface area contributed by atoms with E-state index in [9.17, 15) is 19.2 Å². The van der Waals surface area contributed by atoms with Gasteiger partial charge in [0.2, 0.25) is 5.91 Å². The van der Waals surface area contributed by atoms with Crippen molar-refractivity contribution in [1.29, 1.82) is 0 Å². The number of hydrogen-bond donors (Lipinski definition) is 0. The van der Waals surface area contributed by atoms with Crippen LogP contribution in [0.2, 0.25) is 0 Å². The molecule has 7 nitrogen and oxygen atoms in total. The maximum absolute atomic E-state index is 12.4. The third-order valence-electron chi connectivity index (χ3n) is 4.53. The fraction of sp³-hybridized carbons (Fsp3) is 0.444. The lowest BCUT2D eigenvalue weighted by atomic mass is 10.1. The number of methoxy groups -OCH3 is 1. The first-order valence-electron chi connectivity index (χ1n) is 8.45. The number of esters is 1. The third-order valence-corrected chi connectivity index (χ3v) is 5.70. The maximum atomic E-state index is 12.4. The first kappa shape index (κ1) is 18.4. The highest BCUT2D eigenvalue weighted by atomic mass is 32.2. The SMILES string of the molecule is COC(=O)[C@@H]1CN(C(=O)CCCN2C(=O)c3ccccc3C2=O)CCS1. The van der Waals surface area contributed by atoms with Gasteiger partial charge in [-0.25, -0.2) is 0 Å². The van der Waals surface area contributed by atoms with Gasteiger partial charge in [-0.1, -0.05) is 12.1 Å². The van der Waals surface area contributed by atoms with E-state index in [4.69, 9.17) is 4.74 Å². The summed E-state index contributed by atoms with van der Waals surface area (Å²) in [6.45, 7) is 1.13. The molecule has 3 rings (SSSR count). The number of thioether (sulfide) groups is 1. The Morgan fingerprint density at radius 3 is 2.46 bits per heavy atom. The van der Waals surface area contributed by atoms with Gasteiger partial charge in [0.1, 0.15) is 5.25 Å². The Morgan fingerprint density at radius 1 is 1.19 bits per heavy atom. The molecule has 0 bridgehead atoms. The summed E-state index contributed by atoms with van der Waals surface area (Å²) in [6.07, 6.45) is 0.628. The highest BCUT2D eigenvalue weighted by molar-refractivity contribution is 8.00. The Kier molecular flexibility index (Phi) is 5.61. The normalized spacial score (nSPS) is 19.5. The van der Waals surface area contributed by atoms with Crippen LogP contribution in [0.1, 0.15) is 33.6 Å². The minimum absolute atomic E-state index is 0.0733. The van der Waals surface area contributed by atoms with Crippen LogP contribution in [-0.2, 0) is 14.3 Å². The van der Waals surface area contributed by atoms with Crippen molar-refractivity contribution in [2.75, 3.05) is 32.5 Å². The smallest absolute Gasteiger partial charge is 0.320 e. The molecule has 0 aliphatic carbocycles. The molecule has 1 fully saturated rings. The lowest BCUT2D eigenvalue weighted by Crippen LogP contribution is -2.45. The van der Waals surface area contributed by atoms with Gasteiger partial charge >= 0.3 is 5.97 Å². The molecule has 138 valence electrons. The number of carbonyl (C=O) groups excluding carboxylic acids is 4. The van der Waals surface area contributed by atoms with Crippen molar-refractivity contribution in [3.05, 3.63) is 35.4 Å². The monoisotopic (exact) mass is 376 g/mol. The molecule has 3 amide bonds. The molecule has 2 heterocycles. The van der Waals surface area contributed by atoms with Gasteiger partial charge in [0.05, 0.1) is 18.2 Å². The Bertz CT molecular complexity index is 716. The molecule has 1 saturated heterocycles. The van der Waals surface area contributed by atoms with Gasteiger partial charge in [-0.2, -0.15) is 0 Å². The van der Waals surface area contributed by atoms with E-state index in [-0.39, 0.29) is 41.9 Å². The lowest BCUT2D eigenvalue weighted by molar-refractivity contribution is -0.141. The Hall–Kier alpha value is -2.35. The number of rotatable bonds is 5. The second kappa shape index (κ2) is 7.90. The Morgan fingerprint density at radius 2 is 1.85 bits per heavy atom. The van der Waals surface area contributed by atoms with Crippen molar-refractivity contribution >= 4 is 35.5 Å². The predicted octanol–water partition coefficient (Wildman–Crippen LogP) is 1.18. The topological polar surface area (TPSA) is 84.0 Å². The summed E-state index contributed by atoms with van der Waals surface area (Å²) >= 11 is 1.49. The van der Waals surface area contributed by atoms with Crippen LogP contribution in [0.25, 0.3) is 0 Å². The summed E-state index contributed by atoms with van der Waals surface area (Å²) in [5.74, 6) is -0.324. The molecule has 2 aliphatic heterocycles. The Balaban J connectivity index is 1.51. The largest absolute Gasteiger partial charge is 0.468 e. The first-order chi connectivity index (χ1) is 12.5. The van der Waals surface area contributed by atoms with Crippen molar-refractivity contribution in [3.63, 3.8) is 0 Å². The summed E-state index contributed by atoms with van der Waals surface area (Å²) < 4.78 is 4.74.